The number of carbonyl (C=O) groups excluding carboxylic acids is 2. The Kier molecular flexibility index (Phi) is 12.2. The van der Waals surface area contributed by atoms with Crippen LogP contribution >= 0.6 is 31.9 Å². The van der Waals surface area contributed by atoms with Gasteiger partial charge in [0.1, 0.15) is 6.17 Å². The molecular formula is C30H34Br2N2O4. The van der Waals surface area contributed by atoms with E-state index < -0.39 is 6.17 Å². The number of rotatable bonds is 14. The third-order valence-electron chi connectivity index (χ3n) is 6.04. The summed E-state index contributed by atoms with van der Waals surface area (Å²) in [7, 11) is 1.58. The first-order valence-corrected chi connectivity index (χ1v) is 14.4. The van der Waals surface area contributed by atoms with Gasteiger partial charge in [0.2, 0.25) is 0 Å². The zero-order valence-corrected chi connectivity index (χ0v) is 24.9. The first-order valence-electron chi connectivity index (χ1n) is 12.8. The van der Waals surface area contributed by atoms with Crippen LogP contribution < -0.4 is 20.1 Å². The second kappa shape index (κ2) is 15.5. The lowest BCUT2D eigenvalue weighted by atomic mass is 10.1. The number of hydrogen-bond acceptors (Lipinski definition) is 4. The summed E-state index contributed by atoms with van der Waals surface area (Å²) in [4.78, 5) is 26.1. The van der Waals surface area contributed by atoms with Crippen LogP contribution in [0.15, 0.2) is 75.7 Å². The number of nitrogens with one attached hydrogen (secondary N) is 2. The van der Waals surface area contributed by atoms with Crippen LogP contribution in [0.1, 0.15) is 77.9 Å². The molecule has 0 heterocycles. The molecule has 0 fully saturated rings. The molecule has 2 N–H and O–H groups in total. The standard InChI is InChI=1S/C30H34Br2N2O4/c1-3-4-5-6-7-8-19-38-26-18-13-23(20-27(26)37-2)28(33-29(35)21-9-14-24(31)15-10-21)34-30(36)22-11-16-25(32)17-12-22/h9-18,20,28H,3-8,19H2,1-2H3,(H,33,35)(H,34,36). The van der Waals surface area contributed by atoms with Gasteiger partial charge in [-0.05, 0) is 72.6 Å². The van der Waals surface area contributed by atoms with Crippen molar-refractivity contribution in [2.24, 2.45) is 0 Å². The lowest BCUT2D eigenvalue weighted by Crippen LogP contribution is -2.41. The lowest BCUT2D eigenvalue weighted by molar-refractivity contribution is 0.0883. The Morgan fingerprint density at radius 3 is 1.79 bits per heavy atom. The summed E-state index contributed by atoms with van der Waals surface area (Å²) in [5, 5.41) is 5.87. The predicted octanol–water partition coefficient (Wildman–Crippen LogP) is 7.82. The van der Waals surface area contributed by atoms with Crippen LogP contribution in [0.2, 0.25) is 0 Å². The maximum absolute atomic E-state index is 13.1. The van der Waals surface area contributed by atoms with Gasteiger partial charge >= 0.3 is 0 Å². The highest BCUT2D eigenvalue weighted by atomic mass is 79.9. The molecule has 0 spiro atoms. The van der Waals surface area contributed by atoms with Gasteiger partial charge in [0.25, 0.3) is 11.8 Å². The van der Waals surface area contributed by atoms with E-state index >= 15 is 0 Å². The zero-order valence-electron chi connectivity index (χ0n) is 21.8. The predicted molar refractivity (Wildman–Crippen MR) is 158 cm³/mol. The highest BCUT2D eigenvalue weighted by Gasteiger charge is 2.21. The Hall–Kier alpha value is -2.84. The molecule has 3 rings (SSSR count). The molecule has 0 aliphatic carbocycles. The SMILES string of the molecule is CCCCCCCCOc1ccc(C(NC(=O)c2ccc(Br)cc2)NC(=O)c2ccc(Br)cc2)cc1OC. The van der Waals surface area contributed by atoms with E-state index in [4.69, 9.17) is 9.47 Å². The third kappa shape index (κ3) is 9.17. The van der Waals surface area contributed by atoms with Gasteiger partial charge in [0.05, 0.1) is 13.7 Å². The minimum atomic E-state index is -0.802. The second-order valence-electron chi connectivity index (χ2n) is 8.92. The lowest BCUT2D eigenvalue weighted by Gasteiger charge is -2.22. The zero-order chi connectivity index (χ0) is 27.3. The van der Waals surface area contributed by atoms with Gasteiger partial charge in [0, 0.05) is 20.1 Å². The molecule has 0 radical (unpaired) electrons. The van der Waals surface area contributed by atoms with Crippen molar-refractivity contribution < 1.29 is 19.1 Å². The number of methoxy groups -OCH3 is 1. The maximum Gasteiger partial charge on any atom is 0.253 e. The van der Waals surface area contributed by atoms with Gasteiger partial charge in [-0.25, -0.2) is 0 Å². The largest absolute Gasteiger partial charge is 0.493 e. The molecule has 0 bridgehead atoms. The number of amides is 2. The van der Waals surface area contributed by atoms with Gasteiger partial charge in [-0.2, -0.15) is 0 Å². The van der Waals surface area contributed by atoms with E-state index in [0.29, 0.717) is 34.8 Å². The van der Waals surface area contributed by atoms with E-state index in [1.54, 1.807) is 61.7 Å². The summed E-state index contributed by atoms with van der Waals surface area (Å²) < 4.78 is 13.3. The van der Waals surface area contributed by atoms with Crippen molar-refractivity contribution in [3.8, 4) is 11.5 Å². The molecule has 0 saturated heterocycles. The quantitative estimate of drug-likeness (QED) is 0.138. The van der Waals surface area contributed by atoms with E-state index in [-0.39, 0.29) is 11.8 Å². The molecule has 0 aliphatic rings. The van der Waals surface area contributed by atoms with Gasteiger partial charge in [-0.3, -0.25) is 9.59 Å². The summed E-state index contributed by atoms with van der Waals surface area (Å²) in [6.45, 7) is 2.81. The van der Waals surface area contributed by atoms with E-state index in [0.717, 1.165) is 21.8 Å². The Bertz CT molecular complexity index is 1120. The van der Waals surface area contributed by atoms with Crippen molar-refractivity contribution in [3.63, 3.8) is 0 Å². The number of unbranched alkanes of at least 4 members (excludes halogenated alkanes) is 5. The highest BCUT2D eigenvalue weighted by Crippen LogP contribution is 2.30. The Morgan fingerprint density at radius 1 is 0.737 bits per heavy atom. The van der Waals surface area contributed by atoms with E-state index in [2.05, 4.69) is 49.4 Å². The molecular weight excluding hydrogens is 612 g/mol. The first-order chi connectivity index (χ1) is 18.4. The van der Waals surface area contributed by atoms with Gasteiger partial charge < -0.3 is 20.1 Å². The average molecular weight is 646 g/mol. The van der Waals surface area contributed by atoms with Crippen molar-refractivity contribution >= 4 is 43.7 Å². The highest BCUT2D eigenvalue weighted by molar-refractivity contribution is 9.10. The topological polar surface area (TPSA) is 76.7 Å². The van der Waals surface area contributed by atoms with Crippen molar-refractivity contribution in [2.45, 2.75) is 51.6 Å². The molecule has 6 nitrogen and oxygen atoms in total. The summed E-state index contributed by atoms with van der Waals surface area (Å²) in [5.74, 6) is 0.526. The fourth-order valence-electron chi connectivity index (χ4n) is 3.88. The van der Waals surface area contributed by atoms with Crippen LogP contribution in [-0.4, -0.2) is 25.5 Å². The van der Waals surface area contributed by atoms with Gasteiger partial charge in [-0.1, -0.05) is 77.0 Å². The molecule has 0 atom stereocenters. The fourth-order valence-corrected chi connectivity index (χ4v) is 4.41. The maximum atomic E-state index is 13.1. The molecule has 0 unspecified atom stereocenters. The van der Waals surface area contributed by atoms with Crippen molar-refractivity contribution in [1.29, 1.82) is 0 Å². The van der Waals surface area contributed by atoms with Crippen molar-refractivity contribution in [2.75, 3.05) is 13.7 Å². The number of halogens is 2. The first kappa shape index (κ1) is 29.7. The molecule has 3 aromatic carbocycles. The third-order valence-corrected chi connectivity index (χ3v) is 7.10. The second-order valence-corrected chi connectivity index (χ2v) is 10.8. The van der Waals surface area contributed by atoms with Crippen LogP contribution in [0.25, 0.3) is 0 Å². The smallest absolute Gasteiger partial charge is 0.253 e. The van der Waals surface area contributed by atoms with E-state index in [9.17, 15) is 9.59 Å². The molecule has 2 amide bonds. The van der Waals surface area contributed by atoms with Crippen LogP contribution in [-0.2, 0) is 0 Å². The van der Waals surface area contributed by atoms with Crippen LogP contribution in [0.3, 0.4) is 0 Å². The summed E-state index contributed by atoms with van der Waals surface area (Å²) >= 11 is 6.77. The minimum Gasteiger partial charge on any atom is -0.493 e. The number of carbonyl (C=O) groups is 2. The average Bonchev–Trinajstić information content (AvgIpc) is 2.92. The summed E-state index contributed by atoms with van der Waals surface area (Å²) in [6.07, 6.45) is 6.28. The summed E-state index contributed by atoms with van der Waals surface area (Å²) in [6, 6.07) is 19.5. The van der Waals surface area contributed by atoms with Crippen LogP contribution in [0.5, 0.6) is 11.5 Å². The van der Waals surface area contributed by atoms with E-state index in [1.165, 1.54) is 25.7 Å². The van der Waals surface area contributed by atoms with Gasteiger partial charge in [-0.15, -0.1) is 0 Å². The molecule has 0 saturated carbocycles. The normalized spacial score (nSPS) is 10.8. The number of benzene rings is 3. The monoisotopic (exact) mass is 644 g/mol. The molecule has 3 aromatic rings. The molecule has 0 aliphatic heterocycles. The van der Waals surface area contributed by atoms with Crippen molar-refractivity contribution in [3.05, 3.63) is 92.4 Å². The Morgan fingerprint density at radius 2 is 1.26 bits per heavy atom. The van der Waals surface area contributed by atoms with E-state index in [1.807, 2.05) is 12.1 Å². The minimum absolute atomic E-state index is 0.319. The molecule has 202 valence electrons. The van der Waals surface area contributed by atoms with Gasteiger partial charge in [0.15, 0.2) is 11.5 Å². The molecule has 38 heavy (non-hydrogen) atoms. The summed E-state index contributed by atoms with van der Waals surface area (Å²) in [5.41, 5.74) is 1.61. The Balaban J connectivity index is 1.76. The number of ether oxygens (including phenoxy) is 2. The molecule has 8 heteroatoms. The fraction of sp³-hybridized carbons (Fsp3) is 0.333. The Labute approximate surface area is 241 Å². The van der Waals surface area contributed by atoms with Crippen molar-refractivity contribution in [1.82, 2.24) is 10.6 Å². The van der Waals surface area contributed by atoms with Crippen LogP contribution in [0.4, 0.5) is 0 Å². The van der Waals surface area contributed by atoms with Crippen LogP contribution in [0, 0.1) is 0 Å². The number of hydrogen-bond donors (Lipinski definition) is 2. The molecule has 0 aromatic heterocycles.